The van der Waals surface area contributed by atoms with Crippen LogP contribution < -0.4 is 0 Å². The SMILES string of the molecule is Cc1nc(SCOCC(F)(F)F)sc1CC(=O)O. The van der Waals surface area contributed by atoms with Crippen LogP contribution in [0, 0.1) is 6.92 Å². The fraction of sp³-hybridized carbons (Fsp3) is 0.556. The number of alkyl halides is 3. The Morgan fingerprint density at radius 2 is 2.22 bits per heavy atom. The minimum atomic E-state index is -4.34. The van der Waals surface area contributed by atoms with Gasteiger partial charge in [0.25, 0.3) is 0 Å². The summed E-state index contributed by atoms with van der Waals surface area (Å²) in [5, 5.41) is 8.63. The lowest BCUT2D eigenvalue weighted by Crippen LogP contribution is -2.16. The fourth-order valence-electron chi connectivity index (χ4n) is 1.01. The first kappa shape index (κ1) is 15.3. The van der Waals surface area contributed by atoms with Crippen molar-refractivity contribution in [3.8, 4) is 0 Å². The van der Waals surface area contributed by atoms with Crippen LogP contribution in [-0.4, -0.2) is 34.8 Å². The number of thiazole rings is 1. The van der Waals surface area contributed by atoms with Crippen molar-refractivity contribution >= 4 is 29.1 Å². The van der Waals surface area contributed by atoms with Crippen LogP contribution in [0.15, 0.2) is 4.34 Å². The predicted octanol–water partition coefficient (Wildman–Crippen LogP) is 2.71. The molecule has 1 aromatic rings. The van der Waals surface area contributed by atoms with Gasteiger partial charge in [-0.05, 0) is 6.92 Å². The maximum Gasteiger partial charge on any atom is 0.411 e. The van der Waals surface area contributed by atoms with E-state index in [1.165, 1.54) is 0 Å². The van der Waals surface area contributed by atoms with Gasteiger partial charge in [-0.1, -0.05) is 11.8 Å². The molecule has 4 nitrogen and oxygen atoms in total. The number of hydrogen-bond donors (Lipinski definition) is 1. The zero-order valence-corrected chi connectivity index (χ0v) is 10.9. The molecule has 0 amide bonds. The molecule has 0 unspecified atom stereocenters. The molecule has 0 aromatic carbocycles. The number of aromatic nitrogens is 1. The first-order chi connectivity index (χ1) is 8.28. The summed E-state index contributed by atoms with van der Waals surface area (Å²) in [4.78, 5) is 15.2. The van der Waals surface area contributed by atoms with Gasteiger partial charge in [-0.25, -0.2) is 4.98 Å². The molecule has 1 rings (SSSR count). The second kappa shape index (κ2) is 6.39. The fourth-order valence-corrected chi connectivity index (χ4v) is 2.95. The van der Waals surface area contributed by atoms with Gasteiger partial charge in [0.05, 0.1) is 18.1 Å². The molecule has 0 aliphatic rings. The largest absolute Gasteiger partial charge is 0.481 e. The number of hydrogen-bond acceptors (Lipinski definition) is 5. The Balaban J connectivity index is 2.41. The van der Waals surface area contributed by atoms with Gasteiger partial charge in [-0.3, -0.25) is 4.79 Å². The average molecular weight is 301 g/mol. The highest BCUT2D eigenvalue weighted by Gasteiger charge is 2.27. The first-order valence-electron chi connectivity index (χ1n) is 4.73. The van der Waals surface area contributed by atoms with Gasteiger partial charge in [0.15, 0.2) is 4.34 Å². The number of carbonyl (C=O) groups is 1. The van der Waals surface area contributed by atoms with Gasteiger partial charge in [-0.15, -0.1) is 11.3 Å². The van der Waals surface area contributed by atoms with E-state index in [1.54, 1.807) is 6.92 Å². The molecule has 1 N–H and O–H groups in total. The van der Waals surface area contributed by atoms with Crippen LogP contribution in [0.5, 0.6) is 0 Å². The predicted molar refractivity (Wildman–Crippen MR) is 60.9 cm³/mol. The van der Waals surface area contributed by atoms with Crippen molar-refractivity contribution in [1.82, 2.24) is 4.98 Å². The molecule has 0 saturated carbocycles. The zero-order chi connectivity index (χ0) is 13.8. The summed E-state index contributed by atoms with van der Waals surface area (Å²) in [6.07, 6.45) is -4.47. The zero-order valence-electron chi connectivity index (χ0n) is 9.28. The Morgan fingerprint density at radius 1 is 1.56 bits per heavy atom. The molecule has 0 fully saturated rings. The van der Waals surface area contributed by atoms with E-state index in [-0.39, 0.29) is 12.4 Å². The number of carboxylic acid groups (broad SMARTS) is 1. The average Bonchev–Trinajstić information content (AvgIpc) is 2.52. The molecule has 0 spiro atoms. The summed E-state index contributed by atoms with van der Waals surface area (Å²) in [5.41, 5.74) is 0.584. The van der Waals surface area contributed by atoms with Crippen LogP contribution in [0.3, 0.4) is 0 Å². The third kappa shape index (κ3) is 5.69. The number of aryl methyl sites for hydroxylation is 1. The molecule has 0 bridgehead atoms. The maximum absolute atomic E-state index is 11.8. The van der Waals surface area contributed by atoms with Crippen molar-refractivity contribution in [3.63, 3.8) is 0 Å². The summed E-state index contributed by atoms with van der Waals surface area (Å²) in [7, 11) is 0. The molecule has 1 heterocycles. The lowest BCUT2D eigenvalue weighted by Gasteiger charge is -2.05. The number of carboxylic acids is 1. The van der Waals surface area contributed by atoms with E-state index >= 15 is 0 Å². The van der Waals surface area contributed by atoms with Gasteiger partial charge in [-0.2, -0.15) is 13.2 Å². The first-order valence-corrected chi connectivity index (χ1v) is 6.53. The third-order valence-corrected chi connectivity index (χ3v) is 3.89. The third-order valence-electron chi connectivity index (χ3n) is 1.72. The second-order valence-corrected chi connectivity index (χ2v) is 5.54. The molecular formula is C9H10F3NO3S2. The van der Waals surface area contributed by atoms with Gasteiger partial charge >= 0.3 is 12.1 Å². The van der Waals surface area contributed by atoms with Crippen molar-refractivity contribution in [2.24, 2.45) is 0 Å². The van der Waals surface area contributed by atoms with Gasteiger partial charge in [0.1, 0.15) is 6.61 Å². The number of halogens is 3. The van der Waals surface area contributed by atoms with Crippen molar-refractivity contribution in [2.45, 2.75) is 23.9 Å². The molecule has 18 heavy (non-hydrogen) atoms. The van der Waals surface area contributed by atoms with Crippen molar-refractivity contribution in [2.75, 3.05) is 12.5 Å². The van der Waals surface area contributed by atoms with E-state index in [2.05, 4.69) is 9.72 Å². The molecule has 0 saturated heterocycles. The summed E-state index contributed by atoms with van der Waals surface area (Å²) in [6.45, 7) is 0.363. The lowest BCUT2D eigenvalue weighted by molar-refractivity contribution is -0.168. The van der Waals surface area contributed by atoms with Crippen LogP contribution in [0.25, 0.3) is 0 Å². The molecule has 0 aliphatic carbocycles. The monoisotopic (exact) mass is 301 g/mol. The normalized spacial score (nSPS) is 11.8. The topological polar surface area (TPSA) is 59.4 Å². The van der Waals surface area contributed by atoms with Crippen LogP contribution in [0.1, 0.15) is 10.6 Å². The number of thioether (sulfide) groups is 1. The van der Waals surface area contributed by atoms with E-state index in [9.17, 15) is 18.0 Å². The van der Waals surface area contributed by atoms with Crippen molar-refractivity contribution < 1.29 is 27.8 Å². The second-order valence-electron chi connectivity index (χ2n) is 3.28. The molecule has 0 radical (unpaired) electrons. The van der Waals surface area contributed by atoms with E-state index in [0.717, 1.165) is 23.1 Å². The van der Waals surface area contributed by atoms with E-state index in [4.69, 9.17) is 5.11 Å². The molecule has 1 aromatic heterocycles. The summed E-state index contributed by atoms with van der Waals surface area (Å²) in [6, 6.07) is 0. The summed E-state index contributed by atoms with van der Waals surface area (Å²) < 4.78 is 40.3. The quantitative estimate of drug-likeness (QED) is 0.497. The highest BCUT2D eigenvalue weighted by Crippen LogP contribution is 2.28. The lowest BCUT2D eigenvalue weighted by atomic mass is 10.3. The van der Waals surface area contributed by atoms with Gasteiger partial charge in [0.2, 0.25) is 0 Å². The number of aliphatic carboxylic acids is 1. The van der Waals surface area contributed by atoms with Gasteiger partial charge in [0, 0.05) is 4.88 Å². The van der Waals surface area contributed by atoms with Crippen LogP contribution in [0.2, 0.25) is 0 Å². The molecule has 0 aliphatic heterocycles. The number of ether oxygens (including phenoxy) is 1. The number of nitrogens with zero attached hydrogens (tertiary/aromatic N) is 1. The van der Waals surface area contributed by atoms with E-state index < -0.39 is 18.8 Å². The Kier molecular flexibility index (Phi) is 5.42. The van der Waals surface area contributed by atoms with Gasteiger partial charge < -0.3 is 9.84 Å². The van der Waals surface area contributed by atoms with Crippen LogP contribution in [0.4, 0.5) is 13.2 Å². The van der Waals surface area contributed by atoms with Crippen LogP contribution in [-0.2, 0) is 16.0 Å². The van der Waals surface area contributed by atoms with Crippen molar-refractivity contribution in [1.29, 1.82) is 0 Å². The Labute approximate surface area is 109 Å². The Morgan fingerprint density at radius 3 is 2.78 bits per heavy atom. The minimum Gasteiger partial charge on any atom is -0.481 e. The Hall–Kier alpha value is -0.800. The van der Waals surface area contributed by atoms with Crippen LogP contribution >= 0.6 is 23.1 Å². The summed E-state index contributed by atoms with van der Waals surface area (Å²) >= 11 is 2.17. The molecule has 9 heteroatoms. The Bertz CT molecular complexity index is 420. The molecule has 0 atom stereocenters. The van der Waals surface area contributed by atoms with E-state index in [1.807, 2.05) is 0 Å². The molecular weight excluding hydrogens is 291 g/mol. The standard InChI is InChI=1S/C9H10F3NO3S2/c1-5-6(2-7(14)15)18-8(13-5)17-4-16-3-9(10,11)12/h2-4H2,1H3,(H,14,15). The van der Waals surface area contributed by atoms with E-state index in [0.29, 0.717) is 14.9 Å². The highest BCUT2D eigenvalue weighted by atomic mass is 32.2. The van der Waals surface area contributed by atoms with Crippen molar-refractivity contribution in [3.05, 3.63) is 10.6 Å². The molecule has 102 valence electrons. The summed E-state index contributed by atoms with van der Waals surface area (Å²) in [5.74, 6) is -1.13. The smallest absolute Gasteiger partial charge is 0.411 e. The minimum absolute atomic E-state index is 0.131. The highest BCUT2D eigenvalue weighted by molar-refractivity contribution is 8.00. The maximum atomic E-state index is 11.8. The number of rotatable bonds is 6.